The molecule has 4 rings (SSSR count). The number of rotatable bonds is 6. The molecule has 39 heavy (non-hydrogen) atoms. The fourth-order valence-corrected chi connectivity index (χ4v) is 5.01. The van der Waals surface area contributed by atoms with E-state index in [1.165, 1.54) is 0 Å². The standard InChI is InChI=1S/C26H21Cl3F5N3O2/c1-12-17(27)13(2)19(29)26(18(12)28)39-11-16(38)35-14-3-5-15(6-4-14)36-7-9-37(10-8-36)25-23(33)21(31)20(30)22(32)24(25)34/h3-6H,7-11H2,1-2H3,(H,35,38). The molecule has 208 valence electrons. The predicted molar refractivity (Wildman–Crippen MR) is 142 cm³/mol. The summed E-state index contributed by atoms with van der Waals surface area (Å²) in [6, 6.07) is 6.76. The van der Waals surface area contributed by atoms with Crippen LogP contribution in [0.3, 0.4) is 0 Å². The molecule has 1 aliphatic rings. The molecule has 1 saturated heterocycles. The van der Waals surface area contributed by atoms with E-state index >= 15 is 0 Å². The summed E-state index contributed by atoms with van der Waals surface area (Å²) in [6.07, 6.45) is 0. The summed E-state index contributed by atoms with van der Waals surface area (Å²) in [7, 11) is 0. The first-order chi connectivity index (χ1) is 18.4. The van der Waals surface area contributed by atoms with Crippen molar-refractivity contribution in [2.45, 2.75) is 13.8 Å². The van der Waals surface area contributed by atoms with E-state index in [2.05, 4.69) is 5.32 Å². The quantitative estimate of drug-likeness (QED) is 0.181. The molecular formula is C26H21Cl3F5N3O2. The third kappa shape index (κ3) is 5.69. The molecule has 3 aromatic rings. The molecule has 0 radical (unpaired) electrons. The zero-order chi connectivity index (χ0) is 28.6. The largest absolute Gasteiger partial charge is 0.481 e. The molecule has 0 spiro atoms. The molecule has 0 saturated carbocycles. The smallest absolute Gasteiger partial charge is 0.262 e. The van der Waals surface area contributed by atoms with Gasteiger partial charge in [0, 0.05) is 42.6 Å². The van der Waals surface area contributed by atoms with Crippen molar-refractivity contribution in [3.05, 3.63) is 79.5 Å². The van der Waals surface area contributed by atoms with Crippen molar-refractivity contribution in [3.8, 4) is 5.75 Å². The van der Waals surface area contributed by atoms with E-state index < -0.39 is 40.7 Å². The number of ether oxygens (including phenoxy) is 1. The highest BCUT2D eigenvalue weighted by molar-refractivity contribution is 6.42. The number of hydrogen-bond donors (Lipinski definition) is 1. The van der Waals surface area contributed by atoms with Crippen LogP contribution >= 0.6 is 34.8 Å². The Kier molecular flexibility index (Phi) is 8.68. The van der Waals surface area contributed by atoms with Gasteiger partial charge in [-0.15, -0.1) is 0 Å². The monoisotopic (exact) mass is 607 g/mol. The van der Waals surface area contributed by atoms with E-state index in [9.17, 15) is 26.7 Å². The van der Waals surface area contributed by atoms with Crippen molar-refractivity contribution in [1.29, 1.82) is 0 Å². The first kappa shape index (κ1) is 29.0. The van der Waals surface area contributed by atoms with Gasteiger partial charge in [0.2, 0.25) is 5.82 Å². The second-order valence-electron chi connectivity index (χ2n) is 8.80. The van der Waals surface area contributed by atoms with Crippen LogP contribution in [0.5, 0.6) is 5.75 Å². The number of anilines is 3. The van der Waals surface area contributed by atoms with Gasteiger partial charge in [-0.25, -0.2) is 22.0 Å². The zero-order valence-electron chi connectivity index (χ0n) is 20.6. The normalized spacial score (nSPS) is 13.6. The lowest BCUT2D eigenvalue weighted by atomic mass is 10.1. The second kappa shape index (κ2) is 11.7. The number of piperazine rings is 1. The number of carbonyl (C=O) groups is 1. The highest BCUT2D eigenvalue weighted by atomic mass is 35.5. The fourth-order valence-electron chi connectivity index (χ4n) is 4.19. The summed E-state index contributed by atoms with van der Waals surface area (Å²) in [5.74, 6) is -10.1. The molecule has 5 nitrogen and oxygen atoms in total. The van der Waals surface area contributed by atoms with E-state index in [1.54, 1.807) is 38.1 Å². The van der Waals surface area contributed by atoms with E-state index in [4.69, 9.17) is 39.5 Å². The lowest BCUT2D eigenvalue weighted by Crippen LogP contribution is -2.47. The van der Waals surface area contributed by atoms with Crippen molar-refractivity contribution >= 4 is 57.8 Å². The Hall–Kier alpha value is -2.95. The van der Waals surface area contributed by atoms with E-state index in [0.717, 1.165) is 10.6 Å². The minimum Gasteiger partial charge on any atom is -0.481 e. The summed E-state index contributed by atoms with van der Waals surface area (Å²) < 4.78 is 74.4. The topological polar surface area (TPSA) is 44.8 Å². The number of hydrogen-bond acceptors (Lipinski definition) is 4. The molecule has 3 aromatic carbocycles. The summed E-state index contributed by atoms with van der Waals surface area (Å²) in [4.78, 5) is 15.4. The minimum absolute atomic E-state index is 0.0307. The summed E-state index contributed by atoms with van der Waals surface area (Å²) in [6.45, 7) is 3.65. The van der Waals surface area contributed by atoms with Gasteiger partial charge >= 0.3 is 0 Å². The molecule has 0 bridgehead atoms. The first-order valence-corrected chi connectivity index (χ1v) is 12.7. The Morgan fingerprint density at radius 3 is 1.74 bits per heavy atom. The number of nitrogens with zero attached hydrogens (tertiary/aromatic N) is 2. The molecule has 0 atom stereocenters. The van der Waals surface area contributed by atoms with Crippen molar-refractivity contribution in [2.24, 2.45) is 0 Å². The van der Waals surface area contributed by atoms with Gasteiger partial charge < -0.3 is 19.9 Å². The molecule has 1 N–H and O–H groups in total. The second-order valence-corrected chi connectivity index (χ2v) is 9.93. The van der Waals surface area contributed by atoms with Crippen LogP contribution in [-0.4, -0.2) is 38.7 Å². The number of nitrogens with one attached hydrogen (secondary N) is 1. The maximum absolute atomic E-state index is 14.2. The Balaban J connectivity index is 1.35. The first-order valence-electron chi connectivity index (χ1n) is 11.6. The Bertz CT molecular complexity index is 1370. The molecule has 0 unspecified atom stereocenters. The molecule has 1 heterocycles. The molecule has 0 aromatic heterocycles. The summed E-state index contributed by atoms with van der Waals surface area (Å²) in [5, 5.41) is 3.54. The van der Waals surface area contributed by atoms with E-state index in [-0.39, 0.29) is 48.6 Å². The highest BCUT2D eigenvalue weighted by Crippen LogP contribution is 2.42. The Morgan fingerprint density at radius 2 is 1.23 bits per heavy atom. The van der Waals surface area contributed by atoms with Gasteiger partial charge in [0.15, 0.2) is 35.6 Å². The average molecular weight is 609 g/mol. The molecular weight excluding hydrogens is 588 g/mol. The maximum atomic E-state index is 14.2. The number of amides is 1. The highest BCUT2D eigenvalue weighted by Gasteiger charge is 2.30. The third-order valence-electron chi connectivity index (χ3n) is 6.36. The molecule has 0 aliphatic carbocycles. The van der Waals surface area contributed by atoms with Gasteiger partial charge in [0.05, 0.1) is 10.0 Å². The van der Waals surface area contributed by atoms with Crippen LogP contribution in [0.2, 0.25) is 15.1 Å². The Morgan fingerprint density at radius 1 is 0.769 bits per heavy atom. The van der Waals surface area contributed by atoms with Crippen LogP contribution < -0.4 is 19.9 Å². The maximum Gasteiger partial charge on any atom is 0.262 e. The number of benzene rings is 3. The van der Waals surface area contributed by atoms with Crippen molar-refractivity contribution in [2.75, 3.05) is 47.9 Å². The van der Waals surface area contributed by atoms with Crippen molar-refractivity contribution in [3.63, 3.8) is 0 Å². The number of halogens is 8. The van der Waals surface area contributed by atoms with Crippen LogP contribution in [0.25, 0.3) is 0 Å². The SMILES string of the molecule is Cc1c(Cl)c(C)c(Cl)c(OCC(=O)Nc2ccc(N3CCN(c4c(F)c(F)c(F)c(F)c4F)CC3)cc2)c1Cl. The fraction of sp³-hybridized carbons (Fsp3) is 0.269. The lowest BCUT2D eigenvalue weighted by Gasteiger charge is -2.37. The van der Waals surface area contributed by atoms with Crippen molar-refractivity contribution < 1.29 is 31.5 Å². The van der Waals surface area contributed by atoms with Crippen LogP contribution in [0.4, 0.5) is 39.0 Å². The predicted octanol–water partition coefficient (Wildman–Crippen LogP) is 7.30. The van der Waals surface area contributed by atoms with E-state index in [1.807, 2.05) is 4.90 Å². The van der Waals surface area contributed by atoms with Gasteiger partial charge in [0.25, 0.3) is 5.91 Å². The van der Waals surface area contributed by atoms with Crippen LogP contribution in [0.15, 0.2) is 24.3 Å². The zero-order valence-corrected chi connectivity index (χ0v) is 22.8. The van der Waals surface area contributed by atoms with Crippen molar-refractivity contribution in [1.82, 2.24) is 0 Å². The molecule has 1 aliphatic heterocycles. The minimum atomic E-state index is -2.19. The summed E-state index contributed by atoms with van der Waals surface area (Å²) >= 11 is 18.7. The van der Waals surface area contributed by atoms with Crippen LogP contribution in [0, 0.1) is 42.9 Å². The molecule has 13 heteroatoms. The Labute approximate surface area is 236 Å². The average Bonchev–Trinajstić information content (AvgIpc) is 2.94. The van der Waals surface area contributed by atoms with Crippen LogP contribution in [-0.2, 0) is 4.79 Å². The van der Waals surface area contributed by atoms with Gasteiger partial charge in [0.1, 0.15) is 5.69 Å². The molecule has 1 fully saturated rings. The summed E-state index contributed by atoms with van der Waals surface area (Å²) in [5.41, 5.74) is 1.46. The van der Waals surface area contributed by atoms with Crippen LogP contribution in [0.1, 0.15) is 11.1 Å². The lowest BCUT2D eigenvalue weighted by molar-refractivity contribution is -0.118. The van der Waals surface area contributed by atoms with Gasteiger partial charge in [-0.1, -0.05) is 34.8 Å². The van der Waals surface area contributed by atoms with Gasteiger partial charge in [-0.3, -0.25) is 4.79 Å². The van der Waals surface area contributed by atoms with Gasteiger partial charge in [-0.2, -0.15) is 0 Å². The third-order valence-corrected chi connectivity index (χ3v) is 7.84. The number of carbonyl (C=O) groups excluding carboxylic acids is 1. The van der Waals surface area contributed by atoms with E-state index in [0.29, 0.717) is 21.8 Å². The molecule has 1 amide bonds. The van der Waals surface area contributed by atoms with Gasteiger partial charge in [-0.05, 0) is 49.2 Å².